The molecule has 1 aromatic carbocycles. The molecule has 0 bridgehead atoms. The van der Waals surface area contributed by atoms with Crippen molar-refractivity contribution in [2.75, 3.05) is 0 Å². The lowest BCUT2D eigenvalue weighted by Gasteiger charge is -2.09. The SMILES string of the molecule is Cc1nc2cc(Cl)c([C@H](C)N)cc2c(=O)[nH]1. The third kappa shape index (κ3) is 1.81. The lowest BCUT2D eigenvalue weighted by Crippen LogP contribution is -2.12. The molecule has 0 aliphatic rings. The van der Waals surface area contributed by atoms with Gasteiger partial charge in [0.15, 0.2) is 0 Å². The summed E-state index contributed by atoms with van der Waals surface area (Å²) in [6, 6.07) is 3.17. The average Bonchev–Trinajstić information content (AvgIpc) is 2.15. The van der Waals surface area contributed by atoms with Gasteiger partial charge in [-0.05, 0) is 31.5 Å². The molecule has 2 rings (SSSR count). The van der Waals surface area contributed by atoms with Crippen molar-refractivity contribution < 1.29 is 0 Å². The van der Waals surface area contributed by atoms with Gasteiger partial charge in [0, 0.05) is 11.1 Å². The third-order valence-corrected chi connectivity index (χ3v) is 2.76. The zero-order valence-electron chi connectivity index (χ0n) is 9.04. The van der Waals surface area contributed by atoms with Crippen LogP contribution in [0.1, 0.15) is 24.4 Å². The minimum absolute atomic E-state index is 0.166. The van der Waals surface area contributed by atoms with Gasteiger partial charge in [0.05, 0.1) is 10.9 Å². The Kier molecular flexibility index (Phi) is 2.69. The van der Waals surface area contributed by atoms with Crippen LogP contribution in [0.5, 0.6) is 0 Å². The summed E-state index contributed by atoms with van der Waals surface area (Å²) in [4.78, 5) is 18.6. The Balaban J connectivity index is 2.85. The van der Waals surface area contributed by atoms with Crippen LogP contribution in [0.2, 0.25) is 5.02 Å². The summed E-state index contributed by atoms with van der Waals surface area (Å²) in [6.45, 7) is 3.55. The van der Waals surface area contributed by atoms with Crippen molar-refractivity contribution in [3.8, 4) is 0 Å². The van der Waals surface area contributed by atoms with Gasteiger partial charge in [-0.3, -0.25) is 4.79 Å². The molecule has 0 saturated heterocycles. The largest absolute Gasteiger partial charge is 0.324 e. The van der Waals surface area contributed by atoms with Gasteiger partial charge in [-0.1, -0.05) is 11.6 Å². The molecule has 0 aliphatic heterocycles. The van der Waals surface area contributed by atoms with E-state index in [9.17, 15) is 4.79 Å². The number of hydrogen-bond acceptors (Lipinski definition) is 3. The topological polar surface area (TPSA) is 71.8 Å². The summed E-state index contributed by atoms with van der Waals surface area (Å²) in [7, 11) is 0. The summed E-state index contributed by atoms with van der Waals surface area (Å²) in [5.74, 6) is 0.571. The van der Waals surface area contributed by atoms with Gasteiger partial charge >= 0.3 is 0 Å². The van der Waals surface area contributed by atoms with E-state index in [2.05, 4.69) is 9.97 Å². The Morgan fingerprint density at radius 2 is 2.19 bits per heavy atom. The van der Waals surface area contributed by atoms with Gasteiger partial charge in [0.25, 0.3) is 5.56 Å². The van der Waals surface area contributed by atoms with E-state index >= 15 is 0 Å². The highest BCUT2D eigenvalue weighted by Gasteiger charge is 2.10. The molecule has 0 aliphatic carbocycles. The smallest absolute Gasteiger partial charge is 0.258 e. The van der Waals surface area contributed by atoms with E-state index in [0.29, 0.717) is 21.7 Å². The van der Waals surface area contributed by atoms with Crippen LogP contribution in [-0.4, -0.2) is 9.97 Å². The number of aromatic amines is 1. The summed E-state index contributed by atoms with van der Waals surface area (Å²) >= 11 is 6.07. The average molecular weight is 238 g/mol. The molecule has 1 heterocycles. The van der Waals surface area contributed by atoms with Gasteiger partial charge in [-0.25, -0.2) is 4.98 Å². The normalized spacial score (nSPS) is 13.0. The molecule has 0 spiro atoms. The van der Waals surface area contributed by atoms with Crippen LogP contribution < -0.4 is 11.3 Å². The second-order valence-corrected chi connectivity index (χ2v) is 4.24. The predicted molar refractivity (Wildman–Crippen MR) is 64.7 cm³/mol. The van der Waals surface area contributed by atoms with E-state index in [-0.39, 0.29) is 11.6 Å². The maximum atomic E-state index is 11.7. The molecule has 2 aromatic rings. The minimum atomic E-state index is -0.211. The van der Waals surface area contributed by atoms with E-state index in [1.54, 1.807) is 19.1 Å². The first-order valence-electron chi connectivity index (χ1n) is 4.94. The van der Waals surface area contributed by atoms with E-state index in [1.807, 2.05) is 6.92 Å². The number of aryl methyl sites for hydroxylation is 1. The number of H-pyrrole nitrogens is 1. The number of benzene rings is 1. The molecule has 3 N–H and O–H groups in total. The Labute approximate surface area is 97.5 Å². The van der Waals surface area contributed by atoms with Gasteiger partial charge in [0.1, 0.15) is 5.82 Å². The number of hydrogen-bond donors (Lipinski definition) is 2. The van der Waals surface area contributed by atoms with E-state index in [0.717, 1.165) is 5.56 Å². The first-order valence-corrected chi connectivity index (χ1v) is 5.32. The van der Waals surface area contributed by atoms with E-state index < -0.39 is 0 Å². The Morgan fingerprint density at radius 1 is 1.50 bits per heavy atom. The molecule has 0 saturated carbocycles. The van der Waals surface area contributed by atoms with Crippen LogP contribution in [0.3, 0.4) is 0 Å². The molecular formula is C11H12ClN3O. The van der Waals surface area contributed by atoms with Crippen molar-refractivity contribution in [2.24, 2.45) is 5.73 Å². The molecule has 16 heavy (non-hydrogen) atoms. The second-order valence-electron chi connectivity index (χ2n) is 3.83. The molecule has 1 aromatic heterocycles. The van der Waals surface area contributed by atoms with Crippen molar-refractivity contribution >= 4 is 22.5 Å². The molecule has 4 nitrogen and oxygen atoms in total. The fourth-order valence-corrected chi connectivity index (χ4v) is 1.97. The highest BCUT2D eigenvalue weighted by atomic mass is 35.5. The molecule has 0 amide bonds. The lowest BCUT2D eigenvalue weighted by molar-refractivity contribution is 0.819. The van der Waals surface area contributed by atoms with Gasteiger partial charge in [-0.15, -0.1) is 0 Å². The standard InChI is InChI=1S/C11H12ClN3O/c1-5(13)7-3-8-10(4-9(7)12)14-6(2)15-11(8)16/h3-5H,13H2,1-2H3,(H,14,15,16)/t5-/m0/s1. The van der Waals surface area contributed by atoms with E-state index in [4.69, 9.17) is 17.3 Å². The number of nitrogens with two attached hydrogens (primary N) is 1. The highest BCUT2D eigenvalue weighted by Crippen LogP contribution is 2.24. The van der Waals surface area contributed by atoms with Crippen LogP contribution in [-0.2, 0) is 0 Å². The number of halogens is 1. The van der Waals surface area contributed by atoms with Crippen molar-refractivity contribution in [2.45, 2.75) is 19.9 Å². The zero-order chi connectivity index (χ0) is 11.9. The molecular weight excluding hydrogens is 226 g/mol. The van der Waals surface area contributed by atoms with E-state index in [1.165, 1.54) is 0 Å². The van der Waals surface area contributed by atoms with Crippen LogP contribution in [0, 0.1) is 6.92 Å². The first kappa shape index (κ1) is 11.1. The number of fused-ring (bicyclic) bond motifs is 1. The van der Waals surface area contributed by atoms with Crippen LogP contribution in [0.4, 0.5) is 0 Å². The number of aromatic nitrogens is 2. The number of rotatable bonds is 1. The maximum absolute atomic E-state index is 11.7. The number of nitrogens with one attached hydrogen (secondary N) is 1. The minimum Gasteiger partial charge on any atom is -0.324 e. The molecule has 0 unspecified atom stereocenters. The van der Waals surface area contributed by atoms with Crippen molar-refractivity contribution in [1.29, 1.82) is 0 Å². The molecule has 84 valence electrons. The fourth-order valence-electron chi connectivity index (χ4n) is 1.64. The zero-order valence-corrected chi connectivity index (χ0v) is 9.80. The van der Waals surface area contributed by atoms with Gasteiger partial charge < -0.3 is 10.7 Å². The quantitative estimate of drug-likeness (QED) is 0.796. The Hall–Kier alpha value is -1.39. The molecule has 1 atom stereocenters. The molecule has 0 fully saturated rings. The molecule has 5 heteroatoms. The van der Waals surface area contributed by atoms with Gasteiger partial charge in [0.2, 0.25) is 0 Å². The van der Waals surface area contributed by atoms with Gasteiger partial charge in [-0.2, -0.15) is 0 Å². The van der Waals surface area contributed by atoms with Crippen LogP contribution in [0.25, 0.3) is 10.9 Å². The van der Waals surface area contributed by atoms with Crippen molar-refractivity contribution in [3.05, 3.63) is 38.9 Å². The summed E-state index contributed by atoms with van der Waals surface area (Å²) in [6.07, 6.45) is 0. The summed E-state index contributed by atoms with van der Waals surface area (Å²) in [5.41, 5.74) is 6.95. The lowest BCUT2D eigenvalue weighted by atomic mass is 10.1. The summed E-state index contributed by atoms with van der Waals surface area (Å²) < 4.78 is 0. The molecule has 0 radical (unpaired) electrons. The summed E-state index contributed by atoms with van der Waals surface area (Å²) in [5, 5.41) is 1.06. The van der Waals surface area contributed by atoms with Crippen molar-refractivity contribution in [3.63, 3.8) is 0 Å². The van der Waals surface area contributed by atoms with Crippen LogP contribution >= 0.6 is 11.6 Å². The Morgan fingerprint density at radius 3 is 2.81 bits per heavy atom. The monoisotopic (exact) mass is 237 g/mol. The first-order chi connectivity index (χ1) is 7.49. The predicted octanol–water partition coefficient (Wildman–Crippen LogP) is 1.90. The highest BCUT2D eigenvalue weighted by molar-refractivity contribution is 6.32. The fraction of sp³-hybridized carbons (Fsp3) is 0.273. The maximum Gasteiger partial charge on any atom is 0.258 e. The van der Waals surface area contributed by atoms with Crippen LogP contribution in [0.15, 0.2) is 16.9 Å². The Bertz CT molecular complexity index is 604. The third-order valence-electron chi connectivity index (χ3n) is 2.43. The van der Waals surface area contributed by atoms with Crippen molar-refractivity contribution in [1.82, 2.24) is 9.97 Å². The number of nitrogens with zero attached hydrogens (tertiary/aromatic N) is 1. The second kappa shape index (κ2) is 3.88.